The molecule has 0 aromatic heterocycles. The minimum absolute atomic E-state index is 0. The average Bonchev–Trinajstić information content (AvgIpc) is 3.21. The molecular weight excluding hydrogens is 376 g/mol. The van der Waals surface area contributed by atoms with Crippen LogP contribution in [0.4, 0.5) is 0 Å². The van der Waals surface area contributed by atoms with Crippen molar-refractivity contribution in [3.05, 3.63) is 71.8 Å². The lowest BCUT2D eigenvalue weighted by Gasteiger charge is -2.26. The summed E-state index contributed by atoms with van der Waals surface area (Å²) in [7, 11) is 0. The molecule has 28 heavy (non-hydrogen) atoms. The predicted molar refractivity (Wildman–Crippen MR) is 111 cm³/mol. The van der Waals surface area contributed by atoms with Gasteiger partial charge in [0.05, 0.1) is 6.04 Å². The standard InChI is InChI=1S/C22H26N2O3.ClH/c23-19(14-13-17-8-3-1-4-9-17)21(25)24-15-7-12-20(24)22(26)27-16-18-10-5-2-6-11-18;/h1-6,8-11,19-20H,7,12-16,23H2;1H/t19-,20+;/m0./s1. The van der Waals surface area contributed by atoms with Crippen LogP contribution in [0.5, 0.6) is 0 Å². The van der Waals surface area contributed by atoms with E-state index in [1.165, 1.54) is 0 Å². The molecule has 1 heterocycles. The van der Waals surface area contributed by atoms with Crippen molar-refractivity contribution in [1.29, 1.82) is 0 Å². The Morgan fingerprint density at radius 1 is 1.04 bits per heavy atom. The number of carbonyl (C=O) groups is 2. The highest BCUT2D eigenvalue weighted by molar-refractivity contribution is 5.88. The number of hydrogen-bond donors (Lipinski definition) is 1. The number of benzene rings is 2. The molecule has 0 aliphatic carbocycles. The van der Waals surface area contributed by atoms with E-state index in [0.29, 0.717) is 19.4 Å². The Hall–Kier alpha value is -2.37. The first-order chi connectivity index (χ1) is 13.1. The van der Waals surface area contributed by atoms with Crippen molar-refractivity contribution >= 4 is 24.3 Å². The Labute approximate surface area is 172 Å². The summed E-state index contributed by atoms with van der Waals surface area (Å²) in [5.41, 5.74) is 8.21. The second-order valence-electron chi connectivity index (χ2n) is 6.91. The normalized spacial score (nSPS) is 16.9. The van der Waals surface area contributed by atoms with Gasteiger partial charge in [-0.1, -0.05) is 60.7 Å². The molecule has 1 fully saturated rings. The van der Waals surface area contributed by atoms with Crippen molar-refractivity contribution in [2.24, 2.45) is 5.73 Å². The van der Waals surface area contributed by atoms with Crippen LogP contribution in [0.15, 0.2) is 60.7 Å². The summed E-state index contributed by atoms with van der Waals surface area (Å²) in [5.74, 6) is -0.509. The molecule has 2 aromatic rings. The first kappa shape index (κ1) is 21.9. The molecule has 3 rings (SSSR count). The molecular formula is C22H27ClN2O3. The highest BCUT2D eigenvalue weighted by Crippen LogP contribution is 2.21. The van der Waals surface area contributed by atoms with Gasteiger partial charge in [-0.3, -0.25) is 4.79 Å². The Kier molecular flexibility index (Phi) is 8.48. The predicted octanol–water partition coefficient (Wildman–Crippen LogP) is 3.10. The number of esters is 1. The molecule has 6 heteroatoms. The molecule has 0 bridgehead atoms. The summed E-state index contributed by atoms with van der Waals surface area (Å²) in [6, 6.07) is 18.4. The minimum atomic E-state index is -0.604. The number of aryl methyl sites for hydroxylation is 1. The fourth-order valence-corrected chi connectivity index (χ4v) is 3.40. The van der Waals surface area contributed by atoms with Crippen LogP contribution >= 0.6 is 12.4 Å². The van der Waals surface area contributed by atoms with E-state index in [1.54, 1.807) is 4.90 Å². The molecule has 0 spiro atoms. The zero-order valence-corrected chi connectivity index (χ0v) is 16.6. The lowest BCUT2D eigenvalue weighted by Crippen LogP contribution is -2.49. The number of nitrogens with zero attached hydrogens (tertiary/aromatic N) is 1. The van der Waals surface area contributed by atoms with Gasteiger partial charge in [0, 0.05) is 6.54 Å². The maximum atomic E-state index is 12.7. The van der Waals surface area contributed by atoms with Crippen molar-refractivity contribution in [1.82, 2.24) is 4.90 Å². The van der Waals surface area contributed by atoms with Crippen molar-refractivity contribution in [3.63, 3.8) is 0 Å². The molecule has 0 radical (unpaired) electrons. The van der Waals surface area contributed by atoms with Gasteiger partial charge in [0.2, 0.25) is 5.91 Å². The molecule has 1 saturated heterocycles. The molecule has 1 amide bonds. The Morgan fingerprint density at radius 3 is 2.29 bits per heavy atom. The third-order valence-electron chi connectivity index (χ3n) is 4.94. The summed E-state index contributed by atoms with van der Waals surface area (Å²) >= 11 is 0. The lowest BCUT2D eigenvalue weighted by atomic mass is 10.0. The van der Waals surface area contributed by atoms with Crippen molar-refractivity contribution in [2.75, 3.05) is 6.54 Å². The molecule has 0 unspecified atom stereocenters. The Bertz CT molecular complexity index is 755. The SMILES string of the molecule is Cl.N[C@@H](CCc1ccccc1)C(=O)N1CCC[C@@H]1C(=O)OCc1ccccc1. The van der Waals surface area contributed by atoms with Crippen LogP contribution in [-0.2, 0) is 27.4 Å². The number of rotatable bonds is 7. The molecule has 0 saturated carbocycles. The Morgan fingerprint density at radius 2 is 1.64 bits per heavy atom. The molecule has 2 atom stereocenters. The van der Waals surface area contributed by atoms with E-state index >= 15 is 0 Å². The van der Waals surface area contributed by atoms with Crippen molar-refractivity contribution < 1.29 is 14.3 Å². The second-order valence-corrected chi connectivity index (χ2v) is 6.91. The van der Waals surface area contributed by atoms with Crippen LogP contribution in [0, 0.1) is 0 Å². The van der Waals surface area contributed by atoms with Gasteiger partial charge in [-0.05, 0) is 36.8 Å². The topological polar surface area (TPSA) is 72.6 Å². The summed E-state index contributed by atoms with van der Waals surface area (Å²) in [5, 5.41) is 0. The first-order valence-electron chi connectivity index (χ1n) is 9.45. The van der Waals surface area contributed by atoms with E-state index in [9.17, 15) is 9.59 Å². The third kappa shape index (κ3) is 5.81. The quantitative estimate of drug-likeness (QED) is 0.722. The largest absolute Gasteiger partial charge is 0.459 e. The highest BCUT2D eigenvalue weighted by Gasteiger charge is 2.37. The molecule has 5 nitrogen and oxygen atoms in total. The summed E-state index contributed by atoms with van der Waals surface area (Å²) < 4.78 is 5.43. The van der Waals surface area contributed by atoms with E-state index in [1.807, 2.05) is 60.7 Å². The van der Waals surface area contributed by atoms with E-state index in [4.69, 9.17) is 10.5 Å². The molecule has 1 aliphatic heterocycles. The number of hydrogen-bond acceptors (Lipinski definition) is 4. The van der Waals surface area contributed by atoms with Crippen LogP contribution in [0.3, 0.4) is 0 Å². The van der Waals surface area contributed by atoms with Gasteiger partial charge < -0.3 is 15.4 Å². The highest BCUT2D eigenvalue weighted by atomic mass is 35.5. The van der Waals surface area contributed by atoms with Gasteiger partial charge in [0.1, 0.15) is 12.6 Å². The van der Waals surface area contributed by atoms with E-state index in [0.717, 1.165) is 24.0 Å². The maximum Gasteiger partial charge on any atom is 0.329 e. The number of halogens is 1. The zero-order chi connectivity index (χ0) is 19.1. The monoisotopic (exact) mass is 402 g/mol. The van der Waals surface area contributed by atoms with Gasteiger partial charge in [-0.15, -0.1) is 12.4 Å². The molecule has 1 aliphatic rings. The van der Waals surface area contributed by atoms with Crippen molar-refractivity contribution in [2.45, 2.75) is 44.4 Å². The van der Waals surface area contributed by atoms with Crippen LogP contribution in [0.25, 0.3) is 0 Å². The van der Waals surface area contributed by atoms with E-state index < -0.39 is 12.1 Å². The third-order valence-corrected chi connectivity index (χ3v) is 4.94. The maximum absolute atomic E-state index is 12.7. The smallest absolute Gasteiger partial charge is 0.329 e. The number of ether oxygens (including phenoxy) is 1. The van der Waals surface area contributed by atoms with E-state index in [-0.39, 0.29) is 30.9 Å². The van der Waals surface area contributed by atoms with Crippen LogP contribution in [0.2, 0.25) is 0 Å². The zero-order valence-electron chi connectivity index (χ0n) is 15.8. The molecule has 2 N–H and O–H groups in total. The molecule has 2 aromatic carbocycles. The fourth-order valence-electron chi connectivity index (χ4n) is 3.40. The fraction of sp³-hybridized carbons (Fsp3) is 0.364. The summed E-state index contributed by atoms with van der Waals surface area (Å²) in [6.45, 7) is 0.779. The van der Waals surface area contributed by atoms with Gasteiger partial charge in [0.25, 0.3) is 0 Å². The van der Waals surface area contributed by atoms with Crippen LogP contribution < -0.4 is 5.73 Å². The number of nitrogens with two attached hydrogens (primary N) is 1. The number of carbonyl (C=O) groups excluding carboxylic acids is 2. The summed E-state index contributed by atoms with van der Waals surface area (Å²) in [4.78, 5) is 26.8. The van der Waals surface area contributed by atoms with Crippen molar-refractivity contribution in [3.8, 4) is 0 Å². The van der Waals surface area contributed by atoms with Gasteiger partial charge in [-0.2, -0.15) is 0 Å². The van der Waals surface area contributed by atoms with Crippen LogP contribution in [-0.4, -0.2) is 35.4 Å². The first-order valence-corrected chi connectivity index (χ1v) is 9.45. The average molecular weight is 403 g/mol. The minimum Gasteiger partial charge on any atom is -0.459 e. The second kappa shape index (κ2) is 10.8. The number of likely N-dealkylation sites (tertiary alicyclic amines) is 1. The lowest BCUT2D eigenvalue weighted by molar-refractivity contribution is -0.154. The Balaban J connectivity index is 0.00000280. The van der Waals surface area contributed by atoms with Crippen LogP contribution in [0.1, 0.15) is 30.4 Å². The summed E-state index contributed by atoms with van der Waals surface area (Å²) in [6.07, 6.45) is 2.73. The number of amides is 1. The van der Waals surface area contributed by atoms with Gasteiger partial charge >= 0.3 is 5.97 Å². The van der Waals surface area contributed by atoms with Gasteiger partial charge in [-0.25, -0.2) is 4.79 Å². The molecule has 150 valence electrons. The van der Waals surface area contributed by atoms with Gasteiger partial charge in [0.15, 0.2) is 0 Å². The van der Waals surface area contributed by atoms with E-state index in [2.05, 4.69) is 0 Å².